The summed E-state index contributed by atoms with van der Waals surface area (Å²) in [6, 6.07) is 4.62. The SMILES string of the molecule is C[C@H](Sc1nnc(C2CC2)n1C1CC1)C(=O)Nc1ccc(F)c(Cl)c1. The average molecular weight is 381 g/mol. The van der Waals surface area contributed by atoms with E-state index in [1.807, 2.05) is 6.92 Å². The first-order valence-corrected chi connectivity index (χ1v) is 9.66. The standard InChI is InChI=1S/C17H18ClFN4OS/c1-9(16(24)20-11-4-7-14(19)13(18)8-11)25-17-22-21-15(10-2-3-10)23(17)12-5-6-12/h4,7-10,12H,2-3,5-6H2,1H3,(H,20,24)/t9-/m0/s1. The maximum Gasteiger partial charge on any atom is 0.237 e. The van der Waals surface area contributed by atoms with E-state index in [0.717, 1.165) is 23.8 Å². The average Bonchev–Trinajstić information content (AvgIpc) is 3.50. The molecule has 5 nitrogen and oxygen atoms in total. The maximum atomic E-state index is 13.2. The van der Waals surface area contributed by atoms with Crippen LogP contribution in [0.3, 0.4) is 0 Å². The van der Waals surface area contributed by atoms with Crippen LogP contribution in [0.4, 0.5) is 10.1 Å². The molecule has 132 valence electrons. The first-order valence-electron chi connectivity index (χ1n) is 8.40. The molecule has 0 aliphatic heterocycles. The third kappa shape index (κ3) is 3.67. The molecule has 2 fully saturated rings. The summed E-state index contributed by atoms with van der Waals surface area (Å²) in [4.78, 5) is 12.4. The second-order valence-electron chi connectivity index (χ2n) is 6.59. The van der Waals surface area contributed by atoms with Gasteiger partial charge in [0.15, 0.2) is 5.16 Å². The molecular weight excluding hydrogens is 363 g/mol. The van der Waals surface area contributed by atoms with Crippen LogP contribution in [0.25, 0.3) is 0 Å². The number of nitrogens with one attached hydrogen (secondary N) is 1. The summed E-state index contributed by atoms with van der Waals surface area (Å²) < 4.78 is 15.4. The molecule has 0 spiro atoms. The van der Waals surface area contributed by atoms with Crippen molar-refractivity contribution in [3.8, 4) is 0 Å². The van der Waals surface area contributed by atoms with Crippen LogP contribution < -0.4 is 5.32 Å². The van der Waals surface area contributed by atoms with E-state index in [1.165, 1.54) is 42.8 Å². The maximum absolute atomic E-state index is 13.2. The van der Waals surface area contributed by atoms with Gasteiger partial charge in [-0.1, -0.05) is 23.4 Å². The Bertz CT molecular complexity index is 819. The third-order valence-corrected chi connectivity index (χ3v) is 5.73. The molecule has 2 aromatic rings. The Labute approximate surface area is 154 Å². The van der Waals surface area contributed by atoms with Crippen molar-refractivity contribution < 1.29 is 9.18 Å². The molecule has 1 aromatic carbocycles. The van der Waals surface area contributed by atoms with Gasteiger partial charge in [0.25, 0.3) is 0 Å². The smallest absolute Gasteiger partial charge is 0.237 e. The molecule has 25 heavy (non-hydrogen) atoms. The van der Waals surface area contributed by atoms with Gasteiger partial charge < -0.3 is 9.88 Å². The summed E-state index contributed by atoms with van der Waals surface area (Å²) in [5, 5.41) is 11.9. The minimum Gasteiger partial charge on any atom is -0.325 e. The summed E-state index contributed by atoms with van der Waals surface area (Å²) in [5.41, 5.74) is 0.478. The zero-order chi connectivity index (χ0) is 17.6. The van der Waals surface area contributed by atoms with Gasteiger partial charge >= 0.3 is 0 Å². The lowest BCUT2D eigenvalue weighted by atomic mass is 10.3. The molecule has 0 saturated heterocycles. The molecule has 2 aliphatic carbocycles. The summed E-state index contributed by atoms with van der Waals surface area (Å²) in [6.07, 6.45) is 4.66. The van der Waals surface area contributed by atoms with Crippen molar-refractivity contribution >= 4 is 35.0 Å². The van der Waals surface area contributed by atoms with Crippen molar-refractivity contribution in [2.75, 3.05) is 5.32 Å². The minimum atomic E-state index is -0.507. The molecule has 4 rings (SSSR count). The van der Waals surface area contributed by atoms with E-state index in [9.17, 15) is 9.18 Å². The van der Waals surface area contributed by atoms with Crippen molar-refractivity contribution in [3.05, 3.63) is 34.9 Å². The van der Waals surface area contributed by atoms with E-state index in [-0.39, 0.29) is 16.2 Å². The molecule has 2 saturated carbocycles. The number of amides is 1. The number of hydrogen-bond acceptors (Lipinski definition) is 4. The zero-order valence-corrected chi connectivity index (χ0v) is 15.3. The van der Waals surface area contributed by atoms with Gasteiger partial charge in [0.1, 0.15) is 11.6 Å². The number of aromatic nitrogens is 3. The highest BCUT2D eigenvalue weighted by atomic mass is 35.5. The lowest BCUT2D eigenvalue weighted by Gasteiger charge is -2.13. The molecule has 1 atom stereocenters. The summed E-state index contributed by atoms with van der Waals surface area (Å²) in [6.45, 7) is 1.83. The number of rotatable bonds is 6. The fourth-order valence-electron chi connectivity index (χ4n) is 2.69. The summed E-state index contributed by atoms with van der Waals surface area (Å²) >= 11 is 7.16. The van der Waals surface area contributed by atoms with Crippen LogP contribution >= 0.6 is 23.4 Å². The highest BCUT2D eigenvalue weighted by Gasteiger charge is 2.37. The van der Waals surface area contributed by atoms with Crippen LogP contribution in [-0.2, 0) is 4.79 Å². The number of halogens is 2. The summed E-state index contributed by atoms with van der Waals surface area (Å²) in [5.74, 6) is 0.925. The quantitative estimate of drug-likeness (QED) is 0.754. The van der Waals surface area contributed by atoms with E-state index in [4.69, 9.17) is 11.6 Å². The molecule has 1 amide bonds. The first-order chi connectivity index (χ1) is 12.0. The second kappa shape index (κ2) is 6.61. The lowest BCUT2D eigenvalue weighted by Crippen LogP contribution is -2.23. The highest BCUT2D eigenvalue weighted by molar-refractivity contribution is 8.00. The zero-order valence-electron chi connectivity index (χ0n) is 13.7. The van der Waals surface area contributed by atoms with Gasteiger partial charge in [-0.2, -0.15) is 0 Å². The van der Waals surface area contributed by atoms with Gasteiger partial charge in [0.05, 0.1) is 10.3 Å². The van der Waals surface area contributed by atoms with Gasteiger partial charge in [-0.05, 0) is 50.8 Å². The van der Waals surface area contributed by atoms with Crippen LogP contribution in [0.1, 0.15) is 50.4 Å². The number of hydrogen-bond donors (Lipinski definition) is 1. The van der Waals surface area contributed by atoms with Gasteiger partial charge in [0.2, 0.25) is 5.91 Å². The van der Waals surface area contributed by atoms with Crippen LogP contribution in [-0.4, -0.2) is 25.9 Å². The Balaban J connectivity index is 1.45. The molecular formula is C17H18ClFN4OS. The molecule has 1 heterocycles. The van der Waals surface area contributed by atoms with Gasteiger partial charge in [-0.25, -0.2) is 4.39 Å². The van der Waals surface area contributed by atoms with Crippen LogP contribution in [0.5, 0.6) is 0 Å². The Morgan fingerprint density at radius 2 is 2.12 bits per heavy atom. The van der Waals surface area contributed by atoms with Gasteiger partial charge in [0, 0.05) is 17.6 Å². The van der Waals surface area contributed by atoms with Gasteiger partial charge in [-0.3, -0.25) is 4.79 Å². The van der Waals surface area contributed by atoms with Crippen LogP contribution in [0.2, 0.25) is 5.02 Å². The number of thioether (sulfide) groups is 1. The fraction of sp³-hybridized carbons (Fsp3) is 0.471. The highest BCUT2D eigenvalue weighted by Crippen LogP contribution is 2.46. The van der Waals surface area contributed by atoms with Crippen LogP contribution in [0, 0.1) is 5.82 Å². The van der Waals surface area contributed by atoms with E-state index in [0.29, 0.717) is 17.6 Å². The molecule has 8 heteroatoms. The monoisotopic (exact) mass is 380 g/mol. The lowest BCUT2D eigenvalue weighted by molar-refractivity contribution is -0.115. The Hall–Kier alpha value is -1.60. The van der Waals surface area contributed by atoms with E-state index < -0.39 is 5.82 Å². The van der Waals surface area contributed by atoms with Crippen molar-refractivity contribution in [3.63, 3.8) is 0 Å². The number of anilines is 1. The van der Waals surface area contributed by atoms with Gasteiger partial charge in [-0.15, -0.1) is 10.2 Å². The van der Waals surface area contributed by atoms with Crippen LogP contribution in [0.15, 0.2) is 23.4 Å². The number of benzene rings is 1. The van der Waals surface area contributed by atoms with Crippen molar-refractivity contribution in [2.45, 2.75) is 55.0 Å². The predicted octanol–water partition coefficient (Wildman–Crippen LogP) is 4.40. The number of carbonyl (C=O) groups is 1. The second-order valence-corrected chi connectivity index (χ2v) is 8.31. The Kier molecular flexibility index (Phi) is 4.45. The normalized spacial score (nSPS) is 18.2. The van der Waals surface area contributed by atoms with E-state index >= 15 is 0 Å². The molecule has 2 aliphatic rings. The van der Waals surface area contributed by atoms with E-state index in [2.05, 4.69) is 20.1 Å². The van der Waals surface area contributed by atoms with Crippen molar-refractivity contribution in [1.29, 1.82) is 0 Å². The Morgan fingerprint density at radius 3 is 2.76 bits per heavy atom. The molecule has 1 N–H and O–H groups in total. The molecule has 1 aromatic heterocycles. The molecule has 0 unspecified atom stereocenters. The topological polar surface area (TPSA) is 59.8 Å². The minimum absolute atomic E-state index is 0.0133. The summed E-state index contributed by atoms with van der Waals surface area (Å²) in [7, 11) is 0. The largest absolute Gasteiger partial charge is 0.325 e. The van der Waals surface area contributed by atoms with E-state index in [1.54, 1.807) is 0 Å². The number of nitrogens with zero attached hydrogens (tertiary/aromatic N) is 3. The number of carbonyl (C=O) groups excluding carboxylic acids is 1. The molecule has 0 radical (unpaired) electrons. The van der Waals surface area contributed by atoms with Crippen molar-refractivity contribution in [2.24, 2.45) is 0 Å². The fourth-order valence-corrected chi connectivity index (χ4v) is 3.80. The molecule has 0 bridgehead atoms. The van der Waals surface area contributed by atoms with Crippen molar-refractivity contribution in [1.82, 2.24) is 14.8 Å². The predicted molar refractivity (Wildman–Crippen MR) is 95.6 cm³/mol. The third-order valence-electron chi connectivity index (χ3n) is 4.38. The Morgan fingerprint density at radius 1 is 1.36 bits per heavy atom. The first kappa shape index (κ1) is 16.8.